The van der Waals surface area contributed by atoms with Gasteiger partial charge in [-0.3, -0.25) is 0 Å². The van der Waals surface area contributed by atoms with E-state index in [0.717, 1.165) is 31.8 Å². The maximum atomic E-state index is 13.8. The second-order valence-electron chi connectivity index (χ2n) is 5.01. The Balaban J connectivity index is 1.66. The van der Waals surface area contributed by atoms with E-state index in [0.29, 0.717) is 5.56 Å². The number of anilines is 1. The molecule has 2 aliphatic heterocycles. The summed E-state index contributed by atoms with van der Waals surface area (Å²) in [7, 11) is -2.70. The highest BCUT2D eigenvalue weighted by Gasteiger charge is 2.49. The van der Waals surface area contributed by atoms with Gasteiger partial charge in [-0.25, -0.2) is 17.5 Å². The van der Waals surface area contributed by atoms with Crippen LogP contribution in [0, 0.1) is 5.82 Å². The molecule has 1 aromatic carbocycles. The van der Waals surface area contributed by atoms with E-state index in [1.807, 2.05) is 6.07 Å². The lowest BCUT2D eigenvalue weighted by Gasteiger charge is -2.56. The van der Waals surface area contributed by atoms with Gasteiger partial charge in [0.1, 0.15) is 11.4 Å². The van der Waals surface area contributed by atoms with Gasteiger partial charge in [0.25, 0.3) is 0 Å². The molecule has 1 aromatic rings. The Labute approximate surface area is 112 Å². The van der Waals surface area contributed by atoms with Crippen molar-refractivity contribution in [2.45, 2.75) is 18.6 Å². The normalized spacial score (nSPS) is 20.4. The molecule has 0 atom stereocenters. The van der Waals surface area contributed by atoms with Crippen LogP contribution in [0.25, 0.3) is 0 Å². The van der Waals surface area contributed by atoms with Crippen LogP contribution in [0.5, 0.6) is 0 Å². The minimum atomic E-state index is -2.70. The van der Waals surface area contributed by atoms with E-state index < -0.39 is 16.7 Å². The summed E-state index contributed by atoms with van der Waals surface area (Å²) in [5, 5.41) is 0. The number of rotatable bonds is 4. The van der Waals surface area contributed by atoms with Crippen molar-refractivity contribution in [3.63, 3.8) is 0 Å². The van der Waals surface area contributed by atoms with E-state index in [-0.39, 0.29) is 12.1 Å². The van der Waals surface area contributed by atoms with E-state index in [9.17, 15) is 12.8 Å². The van der Waals surface area contributed by atoms with E-state index >= 15 is 0 Å². The minimum Gasteiger partial charge on any atom is -0.371 e. The minimum absolute atomic E-state index is 0.0116. The van der Waals surface area contributed by atoms with Crippen LogP contribution in [0.4, 0.5) is 10.1 Å². The molecule has 0 aliphatic carbocycles. The fraction of sp³-hybridized carbons (Fsp3) is 0.500. The van der Waals surface area contributed by atoms with Crippen LogP contribution < -0.4 is 9.62 Å². The summed E-state index contributed by atoms with van der Waals surface area (Å²) in [5.41, 5.74) is 1.17. The Bertz CT molecular complexity index is 556. The predicted molar refractivity (Wildman–Crippen MR) is 69.1 cm³/mol. The van der Waals surface area contributed by atoms with Gasteiger partial charge in [0, 0.05) is 37.3 Å². The summed E-state index contributed by atoms with van der Waals surface area (Å²) >= 11 is 0. The van der Waals surface area contributed by atoms with Crippen molar-refractivity contribution in [3.8, 4) is 0 Å². The standard InChI is InChI=1S/C12H15FN2O3S/c13-11-5-10(2-1-9(11)6-14-19(16)17)15-7-12(8-15)3-4-18-12/h1-2,5,19H,3-4,6-8H2,(H,14,16,17). The Kier molecular flexibility index (Phi) is 3.20. The van der Waals surface area contributed by atoms with Crippen LogP contribution in [0.1, 0.15) is 12.0 Å². The lowest BCUT2D eigenvalue weighted by Crippen LogP contribution is -2.68. The molecular weight excluding hydrogens is 271 g/mol. The van der Waals surface area contributed by atoms with Gasteiger partial charge in [0.2, 0.25) is 10.9 Å². The molecule has 104 valence electrons. The number of ether oxygens (including phenoxy) is 1. The van der Waals surface area contributed by atoms with Gasteiger partial charge in [-0.05, 0) is 12.1 Å². The molecule has 19 heavy (non-hydrogen) atoms. The summed E-state index contributed by atoms with van der Waals surface area (Å²) in [4.78, 5) is 2.06. The average Bonchev–Trinajstić information content (AvgIpc) is 2.23. The lowest BCUT2D eigenvalue weighted by atomic mass is 9.86. The van der Waals surface area contributed by atoms with Gasteiger partial charge < -0.3 is 9.64 Å². The number of hydrogen-bond acceptors (Lipinski definition) is 4. The molecule has 2 aliphatic rings. The first-order valence-corrected chi connectivity index (χ1v) is 7.31. The zero-order valence-corrected chi connectivity index (χ0v) is 11.2. The number of nitrogens with zero attached hydrogens (tertiary/aromatic N) is 1. The van der Waals surface area contributed by atoms with E-state index in [4.69, 9.17) is 4.74 Å². The molecule has 0 bridgehead atoms. The molecule has 0 radical (unpaired) electrons. The van der Waals surface area contributed by atoms with Crippen LogP contribution in [-0.2, 0) is 22.2 Å². The third kappa shape index (κ3) is 2.45. The SMILES string of the molecule is O=[SH](=O)NCc1ccc(N2CC3(CCO3)C2)cc1F. The smallest absolute Gasteiger partial charge is 0.201 e. The van der Waals surface area contributed by atoms with Gasteiger partial charge in [0.15, 0.2) is 0 Å². The monoisotopic (exact) mass is 286 g/mol. The Hall–Kier alpha value is -1.18. The van der Waals surface area contributed by atoms with E-state index in [1.165, 1.54) is 6.07 Å². The number of benzene rings is 1. The molecule has 1 spiro atoms. The molecule has 2 saturated heterocycles. The summed E-state index contributed by atoms with van der Waals surface area (Å²) in [6.45, 7) is 2.41. The molecular formula is C12H15FN2O3S. The molecule has 3 rings (SSSR count). The summed E-state index contributed by atoms with van der Waals surface area (Å²) in [6.07, 6.45) is 1.07. The van der Waals surface area contributed by atoms with Crippen molar-refractivity contribution in [1.82, 2.24) is 4.72 Å². The molecule has 7 heteroatoms. The second-order valence-corrected chi connectivity index (χ2v) is 5.84. The molecule has 0 aromatic heterocycles. The number of hydrogen-bond donors (Lipinski definition) is 2. The molecule has 0 saturated carbocycles. The molecule has 0 unspecified atom stereocenters. The molecule has 0 amide bonds. The van der Waals surface area contributed by atoms with E-state index in [2.05, 4.69) is 9.62 Å². The Morgan fingerprint density at radius 3 is 2.68 bits per heavy atom. The van der Waals surface area contributed by atoms with Crippen LogP contribution in [0.15, 0.2) is 18.2 Å². The third-order valence-electron chi connectivity index (χ3n) is 3.72. The zero-order chi connectivity index (χ0) is 13.5. The summed E-state index contributed by atoms with van der Waals surface area (Å²) in [5.74, 6) is -0.391. The van der Waals surface area contributed by atoms with Crippen molar-refractivity contribution in [3.05, 3.63) is 29.6 Å². The fourth-order valence-corrected chi connectivity index (χ4v) is 2.80. The van der Waals surface area contributed by atoms with Crippen molar-refractivity contribution >= 4 is 16.6 Å². The zero-order valence-electron chi connectivity index (χ0n) is 10.3. The average molecular weight is 286 g/mol. The van der Waals surface area contributed by atoms with Gasteiger partial charge in [-0.15, -0.1) is 0 Å². The summed E-state index contributed by atoms with van der Waals surface area (Å²) in [6, 6.07) is 4.87. The maximum Gasteiger partial charge on any atom is 0.201 e. The van der Waals surface area contributed by atoms with Gasteiger partial charge in [-0.2, -0.15) is 0 Å². The summed E-state index contributed by atoms with van der Waals surface area (Å²) < 4.78 is 42.3. The first-order valence-electron chi connectivity index (χ1n) is 6.13. The van der Waals surface area contributed by atoms with Crippen molar-refractivity contribution in [2.75, 3.05) is 24.6 Å². The number of halogens is 1. The topological polar surface area (TPSA) is 58.6 Å². The third-order valence-corrected chi connectivity index (χ3v) is 4.14. The van der Waals surface area contributed by atoms with E-state index in [1.54, 1.807) is 6.07 Å². The molecule has 5 nitrogen and oxygen atoms in total. The van der Waals surface area contributed by atoms with Gasteiger partial charge in [-0.1, -0.05) is 6.07 Å². The van der Waals surface area contributed by atoms with Crippen LogP contribution in [0.2, 0.25) is 0 Å². The number of nitrogens with one attached hydrogen (secondary N) is 1. The van der Waals surface area contributed by atoms with Crippen molar-refractivity contribution < 1.29 is 17.5 Å². The van der Waals surface area contributed by atoms with Crippen LogP contribution in [0.3, 0.4) is 0 Å². The fourth-order valence-electron chi connectivity index (χ4n) is 2.50. The largest absolute Gasteiger partial charge is 0.371 e. The highest BCUT2D eigenvalue weighted by atomic mass is 32.2. The molecule has 2 fully saturated rings. The van der Waals surface area contributed by atoms with Gasteiger partial charge in [0.05, 0.1) is 6.61 Å². The van der Waals surface area contributed by atoms with Crippen LogP contribution in [-0.4, -0.2) is 33.7 Å². The van der Waals surface area contributed by atoms with Gasteiger partial charge >= 0.3 is 0 Å². The predicted octanol–water partition coefficient (Wildman–Crippen LogP) is 0.421. The highest BCUT2D eigenvalue weighted by molar-refractivity contribution is 7.70. The Morgan fingerprint density at radius 1 is 1.42 bits per heavy atom. The highest BCUT2D eigenvalue weighted by Crippen LogP contribution is 2.38. The molecule has 2 heterocycles. The second kappa shape index (κ2) is 4.73. The van der Waals surface area contributed by atoms with Crippen LogP contribution >= 0.6 is 0 Å². The van der Waals surface area contributed by atoms with Crippen molar-refractivity contribution in [2.24, 2.45) is 0 Å². The molecule has 1 N–H and O–H groups in total. The number of thiol groups is 1. The Morgan fingerprint density at radius 2 is 2.16 bits per heavy atom. The quantitative estimate of drug-likeness (QED) is 0.788. The first-order chi connectivity index (χ1) is 9.08. The maximum absolute atomic E-state index is 13.8. The first kappa shape index (κ1) is 12.8. The van der Waals surface area contributed by atoms with Crippen molar-refractivity contribution in [1.29, 1.82) is 0 Å². The lowest BCUT2D eigenvalue weighted by molar-refractivity contribution is -0.160.